The number of carbonyl (C=O) groups excluding carboxylic acids is 3. The zero-order valence-corrected chi connectivity index (χ0v) is 11.8. The molecule has 0 aromatic heterocycles. The third-order valence-corrected chi connectivity index (χ3v) is 3.48. The number of imide groups is 1. The molecule has 1 aromatic rings. The van der Waals surface area contributed by atoms with Crippen molar-refractivity contribution < 1.29 is 28.6 Å². The number of hydrogen-bond acceptors (Lipinski definition) is 6. The van der Waals surface area contributed by atoms with E-state index in [9.17, 15) is 14.4 Å². The van der Waals surface area contributed by atoms with E-state index in [0.717, 1.165) is 4.90 Å². The lowest BCUT2D eigenvalue weighted by molar-refractivity contribution is -0.161. The Kier molecular flexibility index (Phi) is 3.95. The molecule has 0 bridgehead atoms. The van der Waals surface area contributed by atoms with Gasteiger partial charge in [-0.2, -0.15) is 0 Å². The molecule has 2 amide bonds. The molecule has 7 nitrogen and oxygen atoms in total. The lowest BCUT2D eigenvalue weighted by atomic mass is 10.2. The molecule has 1 aromatic carbocycles. The minimum absolute atomic E-state index is 0.0205. The van der Waals surface area contributed by atoms with Crippen LogP contribution in [0.3, 0.4) is 0 Å². The Morgan fingerprint density at radius 2 is 2.05 bits per heavy atom. The monoisotopic (exact) mass is 305 g/mol. The van der Waals surface area contributed by atoms with Crippen LogP contribution in [-0.2, 0) is 19.1 Å². The highest BCUT2D eigenvalue weighted by Gasteiger charge is 2.31. The highest BCUT2D eigenvalue weighted by molar-refractivity contribution is 5.97. The van der Waals surface area contributed by atoms with Crippen molar-refractivity contribution in [2.45, 2.75) is 18.9 Å². The quantitative estimate of drug-likeness (QED) is 0.757. The van der Waals surface area contributed by atoms with E-state index in [-0.39, 0.29) is 12.5 Å². The van der Waals surface area contributed by atoms with Gasteiger partial charge in [0.2, 0.25) is 12.0 Å². The third-order valence-electron chi connectivity index (χ3n) is 3.48. The van der Waals surface area contributed by atoms with Crippen LogP contribution in [0.15, 0.2) is 24.3 Å². The lowest BCUT2D eigenvalue weighted by Gasteiger charge is -2.25. The number of carbonyl (C=O) groups is 3. The van der Waals surface area contributed by atoms with Gasteiger partial charge in [0.15, 0.2) is 18.1 Å². The molecule has 1 saturated heterocycles. The first-order valence-electron chi connectivity index (χ1n) is 7.03. The molecule has 0 saturated carbocycles. The van der Waals surface area contributed by atoms with Crippen LogP contribution in [0.5, 0.6) is 11.5 Å². The molecule has 0 radical (unpaired) electrons. The number of amides is 2. The third kappa shape index (κ3) is 2.88. The fraction of sp³-hybridized carbons (Fsp3) is 0.400. The number of para-hydroxylation sites is 2. The Hall–Kier alpha value is -2.57. The summed E-state index contributed by atoms with van der Waals surface area (Å²) >= 11 is 0. The van der Waals surface area contributed by atoms with E-state index >= 15 is 0 Å². The summed E-state index contributed by atoms with van der Waals surface area (Å²) in [6.45, 7) is -0.0651. The van der Waals surface area contributed by atoms with E-state index in [2.05, 4.69) is 0 Å². The van der Waals surface area contributed by atoms with Crippen molar-refractivity contribution in [3.63, 3.8) is 0 Å². The molecular formula is C15H15NO6. The second-order valence-corrected chi connectivity index (χ2v) is 5.01. The topological polar surface area (TPSA) is 82.1 Å². The van der Waals surface area contributed by atoms with Gasteiger partial charge in [-0.25, -0.2) is 4.79 Å². The molecule has 1 atom stereocenters. The van der Waals surface area contributed by atoms with Crippen LogP contribution < -0.4 is 9.47 Å². The fourth-order valence-electron chi connectivity index (χ4n) is 2.35. The molecule has 3 rings (SSSR count). The fourth-order valence-corrected chi connectivity index (χ4v) is 2.35. The van der Waals surface area contributed by atoms with Crippen LogP contribution in [-0.4, -0.2) is 48.5 Å². The van der Waals surface area contributed by atoms with Crippen LogP contribution in [0.4, 0.5) is 0 Å². The Bertz CT molecular complexity index is 614. The van der Waals surface area contributed by atoms with E-state index in [0.29, 0.717) is 30.9 Å². The van der Waals surface area contributed by atoms with Crippen LogP contribution in [0.1, 0.15) is 12.8 Å². The van der Waals surface area contributed by atoms with Gasteiger partial charge in [0.25, 0.3) is 5.91 Å². The number of benzene rings is 1. The van der Waals surface area contributed by atoms with Crippen LogP contribution in [0.25, 0.3) is 0 Å². The van der Waals surface area contributed by atoms with Crippen LogP contribution in [0, 0.1) is 0 Å². The summed E-state index contributed by atoms with van der Waals surface area (Å²) in [5.74, 6) is -0.406. The second kappa shape index (κ2) is 6.05. The van der Waals surface area contributed by atoms with E-state index in [1.807, 2.05) is 0 Å². The first kappa shape index (κ1) is 14.4. The molecule has 0 unspecified atom stereocenters. The van der Waals surface area contributed by atoms with Gasteiger partial charge < -0.3 is 14.2 Å². The molecule has 0 spiro atoms. The predicted octanol–water partition coefficient (Wildman–Crippen LogP) is 0.519. The first-order chi connectivity index (χ1) is 10.6. The summed E-state index contributed by atoms with van der Waals surface area (Å²) in [6, 6.07) is 6.98. The number of fused-ring (bicyclic) bond motifs is 1. The second-order valence-electron chi connectivity index (χ2n) is 5.01. The van der Waals surface area contributed by atoms with Crippen molar-refractivity contribution in [3.05, 3.63) is 24.3 Å². The van der Waals surface area contributed by atoms with Crippen molar-refractivity contribution in [3.8, 4) is 11.5 Å². The van der Waals surface area contributed by atoms with Gasteiger partial charge in [0.1, 0.15) is 6.61 Å². The standard InChI is InChI=1S/C15H15NO6/c17-13-6-3-7-16(13)14(18)9-21-15(19)12-8-20-10-4-1-2-5-11(10)22-12/h1-2,4-5,12H,3,6-9H2/t12-/m0/s1. The molecule has 1 fully saturated rings. The maximum Gasteiger partial charge on any atom is 0.351 e. The number of likely N-dealkylation sites (tertiary alicyclic amines) is 1. The SMILES string of the molecule is O=C(OCC(=O)N1CCCC1=O)[C@@H]1COc2ccccc2O1. The Labute approximate surface area is 126 Å². The van der Waals surface area contributed by atoms with Crippen molar-refractivity contribution in [1.29, 1.82) is 0 Å². The zero-order chi connectivity index (χ0) is 15.5. The van der Waals surface area contributed by atoms with Crippen LogP contribution >= 0.6 is 0 Å². The zero-order valence-electron chi connectivity index (χ0n) is 11.8. The van der Waals surface area contributed by atoms with Gasteiger partial charge in [-0.05, 0) is 18.6 Å². The van der Waals surface area contributed by atoms with E-state index in [1.165, 1.54) is 0 Å². The smallest absolute Gasteiger partial charge is 0.351 e. The average molecular weight is 305 g/mol. The van der Waals surface area contributed by atoms with Gasteiger partial charge in [0, 0.05) is 13.0 Å². The Morgan fingerprint density at radius 1 is 1.27 bits per heavy atom. The summed E-state index contributed by atoms with van der Waals surface area (Å²) in [5.41, 5.74) is 0. The molecule has 2 heterocycles. The lowest BCUT2D eigenvalue weighted by Crippen LogP contribution is -2.41. The van der Waals surface area contributed by atoms with Crippen molar-refractivity contribution in [2.75, 3.05) is 19.8 Å². The summed E-state index contributed by atoms with van der Waals surface area (Å²) in [7, 11) is 0. The number of nitrogens with zero attached hydrogens (tertiary/aromatic N) is 1. The largest absolute Gasteiger partial charge is 0.485 e. The summed E-state index contributed by atoms with van der Waals surface area (Å²) in [4.78, 5) is 36.3. The molecule has 2 aliphatic rings. The van der Waals surface area contributed by atoms with E-state index in [4.69, 9.17) is 14.2 Å². The molecular weight excluding hydrogens is 290 g/mol. The van der Waals surface area contributed by atoms with Gasteiger partial charge >= 0.3 is 5.97 Å². The Balaban J connectivity index is 1.53. The van der Waals surface area contributed by atoms with E-state index in [1.54, 1.807) is 24.3 Å². The minimum atomic E-state index is -0.919. The van der Waals surface area contributed by atoms with Crippen molar-refractivity contribution in [2.24, 2.45) is 0 Å². The molecule has 2 aliphatic heterocycles. The van der Waals surface area contributed by atoms with Gasteiger partial charge in [0.05, 0.1) is 0 Å². The Morgan fingerprint density at radius 3 is 2.77 bits per heavy atom. The summed E-state index contributed by atoms with van der Waals surface area (Å²) in [5, 5.41) is 0. The maximum absolute atomic E-state index is 11.9. The highest BCUT2D eigenvalue weighted by Crippen LogP contribution is 2.31. The van der Waals surface area contributed by atoms with Crippen LogP contribution in [0.2, 0.25) is 0 Å². The summed E-state index contributed by atoms with van der Waals surface area (Å²) in [6.07, 6.45) is 0.0854. The predicted molar refractivity (Wildman–Crippen MR) is 73.3 cm³/mol. The number of esters is 1. The van der Waals surface area contributed by atoms with Crippen molar-refractivity contribution >= 4 is 17.8 Å². The van der Waals surface area contributed by atoms with Crippen molar-refractivity contribution in [1.82, 2.24) is 4.90 Å². The molecule has 22 heavy (non-hydrogen) atoms. The van der Waals surface area contributed by atoms with Gasteiger partial charge in [-0.1, -0.05) is 12.1 Å². The van der Waals surface area contributed by atoms with Gasteiger partial charge in [-0.3, -0.25) is 14.5 Å². The number of ether oxygens (including phenoxy) is 3. The maximum atomic E-state index is 11.9. The normalized spacial score (nSPS) is 19.9. The molecule has 116 valence electrons. The summed E-state index contributed by atoms with van der Waals surface area (Å²) < 4.78 is 15.8. The number of hydrogen-bond donors (Lipinski definition) is 0. The number of rotatable bonds is 3. The van der Waals surface area contributed by atoms with E-state index < -0.39 is 24.6 Å². The molecule has 0 N–H and O–H groups in total. The average Bonchev–Trinajstić information content (AvgIpc) is 2.98. The van der Waals surface area contributed by atoms with Gasteiger partial charge in [-0.15, -0.1) is 0 Å². The highest BCUT2D eigenvalue weighted by atomic mass is 16.6. The first-order valence-corrected chi connectivity index (χ1v) is 7.03. The minimum Gasteiger partial charge on any atom is -0.485 e. The molecule has 7 heteroatoms. The molecule has 0 aliphatic carbocycles.